The number of hydrogen-bond acceptors (Lipinski definition) is 5. The van der Waals surface area contributed by atoms with Gasteiger partial charge in [-0.15, -0.1) is 0 Å². The highest BCUT2D eigenvalue weighted by Crippen LogP contribution is 2.35. The Kier molecular flexibility index (Phi) is 6.54. The van der Waals surface area contributed by atoms with E-state index in [2.05, 4.69) is 5.32 Å². The maximum atomic E-state index is 13.1. The van der Waals surface area contributed by atoms with E-state index in [4.69, 9.17) is 9.47 Å². The number of nitrogens with one attached hydrogen (secondary N) is 1. The van der Waals surface area contributed by atoms with Crippen LogP contribution in [0.2, 0.25) is 0 Å². The van der Waals surface area contributed by atoms with Crippen molar-refractivity contribution < 1.29 is 19.1 Å². The number of hydrogen-bond donors (Lipinski definition) is 1. The van der Waals surface area contributed by atoms with Crippen LogP contribution in [0.1, 0.15) is 32.3 Å². The molecule has 0 saturated heterocycles. The SMILES string of the molecule is CCCOc1cccc(NC2=C(c3ccccc3OC)C(=O)N(CCC)C2=O)c1. The standard InChI is InChI=1S/C23H26N2O4/c1-4-13-25-22(26)20(18-11-6-7-12-19(18)28-3)21(23(25)27)24-16-9-8-10-17(15-16)29-14-5-2/h6-12,15,24H,4-5,13-14H2,1-3H3. The Hall–Kier alpha value is -3.28. The van der Waals surface area contributed by atoms with E-state index in [0.717, 1.165) is 6.42 Å². The number of methoxy groups -OCH3 is 1. The molecular formula is C23H26N2O4. The lowest BCUT2D eigenvalue weighted by molar-refractivity contribution is -0.136. The summed E-state index contributed by atoms with van der Waals surface area (Å²) in [6, 6.07) is 14.6. The fourth-order valence-corrected chi connectivity index (χ4v) is 3.25. The Morgan fingerprint density at radius 2 is 1.76 bits per heavy atom. The Morgan fingerprint density at radius 1 is 0.966 bits per heavy atom. The predicted octanol–water partition coefficient (Wildman–Crippen LogP) is 4.09. The van der Waals surface area contributed by atoms with Gasteiger partial charge in [-0.05, 0) is 31.0 Å². The van der Waals surface area contributed by atoms with Gasteiger partial charge in [-0.25, -0.2) is 0 Å². The number of nitrogens with zero attached hydrogens (tertiary/aromatic N) is 1. The first kappa shape index (κ1) is 20.5. The molecule has 6 heteroatoms. The molecular weight excluding hydrogens is 368 g/mol. The van der Waals surface area contributed by atoms with Gasteiger partial charge in [0.2, 0.25) is 0 Å². The number of carbonyl (C=O) groups excluding carboxylic acids is 2. The first-order valence-electron chi connectivity index (χ1n) is 9.84. The van der Waals surface area contributed by atoms with Crippen molar-refractivity contribution in [3.05, 3.63) is 59.8 Å². The minimum atomic E-state index is -0.336. The van der Waals surface area contributed by atoms with E-state index < -0.39 is 0 Å². The zero-order chi connectivity index (χ0) is 20.8. The van der Waals surface area contributed by atoms with Gasteiger partial charge >= 0.3 is 0 Å². The van der Waals surface area contributed by atoms with E-state index in [9.17, 15) is 9.59 Å². The lowest BCUT2D eigenvalue weighted by Gasteiger charge is -2.14. The second-order valence-corrected chi connectivity index (χ2v) is 6.71. The van der Waals surface area contributed by atoms with Gasteiger partial charge < -0.3 is 14.8 Å². The zero-order valence-corrected chi connectivity index (χ0v) is 17.0. The average Bonchev–Trinajstić information content (AvgIpc) is 2.97. The summed E-state index contributed by atoms with van der Waals surface area (Å²) in [5.41, 5.74) is 1.84. The second-order valence-electron chi connectivity index (χ2n) is 6.71. The molecule has 0 bridgehead atoms. The maximum Gasteiger partial charge on any atom is 0.278 e. The molecule has 2 aromatic carbocycles. The summed E-state index contributed by atoms with van der Waals surface area (Å²) in [7, 11) is 1.55. The van der Waals surface area contributed by atoms with E-state index in [1.165, 1.54) is 4.90 Å². The Bertz CT molecular complexity index is 936. The molecule has 0 unspecified atom stereocenters. The van der Waals surface area contributed by atoms with Crippen LogP contribution in [-0.2, 0) is 9.59 Å². The van der Waals surface area contributed by atoms with Gasteiger partial charge in [-0.3, -0.25) is 14.5 Å². The smallest absolute Gasteiger partial charge is 0.278 e. The lowest BCUT2D eigenvalue weighted by atomic mass is 10.0. The quantitative estimate of drug-likeness (QED) is 0.649. The molecule has 0 aliphatic carbocycles. The van der Waals surface area contributed by atoms with E-state index in [1.54, 1.807) is 19.2 Å². The van der Waals surface area contributed by atoms with Crippen molar-refractivity contribution in [3.63, 3.8) is 0 Å². The fraction of sp³-hybridized carbons (Fsp3) is 0.304. The molecule has 3 rings (SSSR count). The minimum Gasteiger partial charge on any atom is -0.496 e. The van der Waals surface area contributed by atoms with Crippen LogP contribution in [0.15, 0.2) is 54.2 Å². The van der Waals surface area contributed by atoms with Gasteiger partial charge in [0.25, 0.3) is 11.8 Å². The molecule has 29 heavy (non-hydrogen) atoms. The summed E-state index contributed by atoms with van der Waals surface area (Å²) >= 11 is 0. The van der Waals surface area contributed by atoms with Crippen LogP contribution in [0.4, 0.5) is 5.69 Å². The highest BCUT2D eigenvalue weighted by Gasteiger charge is 2.39. The average molecular weight is 394 g/mol. The number of anilines is 1. The monoisotopic (exact) mass is 394 g/mol. The lowest BCUT2D eigenvalue weighted by Crippen LogP contribution is -2.33. The number of para-hydroxylation sites is 1. The molecule has 0 aromatic heterocycles. The molecule has 0 fully saturated rings. The maximum absolute atomic E-state index is 13.1. The predicted molar refractivity (Wildman–Crippen MR) is 113 cm³/mol. The van der Waals surface area contributed by atoms with Crippen molar-refractivity contribution in [3.8, 4) is 11.5 Å². The van der Waals surface area contributed by atoms with Gasteiger partial charge in [0.05, 0.1) is 19.3 Å². The van der Waals surface area contributed by atoms with E-state index in [-0.39, 0.29) is 17.5 Å². The van der Waals surface area contributed by atoms with Gasteiger partial charge in [0.15, 0.2) is 0 Å². The van der Waals surface area contributed by atoms with Crippen LogP contribution in [0.5, 0.6) is 11.5 Å². The number of carbonyl (C=O) groups is 2. The van der Waals surface area contributed by atoms with Crippen molar-refractivity contribution in [2.45, 2.75) is 26.7 Å². The number of amides is 2. The van der Waals surface area contributed by atoms with Crippen LogP contribution >= 0.6 is 0 Å². The van der Waals surface area contributed by atoms with E-state index >= 15 is 0 Å². The number of rotatable bonds is 9. The van der Waals surface area contributed by atoms with Crippen molar-refractivity contribution in [2.24, 2.45) is 0 Å². The molecule has 0 spiro atoms. The summed E-state index contributed by atoms with van der Waals surface area (Å²) in [6.45, 7) is 4.95. The van der Waals surface area contributed by atoms with Gasteiger partial charge in [0, 0.05) is 23.9 Å². The molecule has 1 aliphatic heterocycles. The highest BCUT2D eigenvalue weighted by atomic mass is 16.5. The molecule has 1 N–H and O–H groups in total. The first-order valence-corrected chi connectivity index (χ1v) is 9.84. The van der Waals surface area contributed by atoms with E-state index in [1.807, 2.05) is 50.2 Å². The molecule has 6 nitrogen and oxygen atoms in total. The summed E-state index contributed by atoms with van der Waals surface area (Å²) in [5, 5.41) is 3.16. The minimum absolute atomic E-state index is 0.251. The van der Waals surface area contributed by atoms with Crippen molar-refractivity contribution in [1.82, 2.24) is 4.90 Å². The molecule has 1 heterocycles. The van der Waals surface area contributed by atoms with Gasteiger partial charge in [0.1, 0.15) is 17.2 Å². The van der Waals surface area contributed by atoms with Crippen LogP contribution in [0.25, 0.3) is 5.57 Å². The molecule has 2 amide bonds. The third-order valence-corrected chi connectivity index (χ3v) is 4.57. The molecule has 1 aliphatic rings. The summed E-state index contributed by atoms with van der Waals surface area (Å²) < 4.78 is 11.1. The molecule has 0 atom stereocenters. The molecule has 0 saturated carbocycles. The van der Waals surface area contributed by atoms with Crippen molar-refractivity contribution >= 4 is 23.1 Å². The van der Waals surface area contributed by atoms with E-state index in [0.29, 0.717) is 47.9 Å². The largest absolute Gasteiger partial charge is 0.496 e. The third kappa shape index (κ3) is 4.26. The van der Waals surface area contributed by atoms with Crippen LogP contribution in [0.3, 0.4) is 0 Å². The molecule has 152 valence electrons. The number of ether oxygens (including phenoxy) is 2. The van der Waals surface area contributed by atoms with Crippen LogP contribution in [0, 0.1) is 0 Å². The Morgan fingerprint density at radius 3 is 2.48 bits per heavy atom. The second kappa shape index (κ2) is 9.28. The summed E-state index contributed by atoms with van der Waals surface area (Å²) in [6.07, 6.45) is 1.59. The summed E-state index contributed by atoms with van der Waals surface area (Å²) in [5.74, 6) is 0.597. The van der Waals surface area contributed by atoms with Crippen LogP contribution < -0.4 is 14.8 Å². The van der Waals surface area contributed by atoms with Crippen molar-refractivity contribution in [2.75, 3.05) is 25.6 Å². The molecule has 0 radical (unpaired) electrons. The first-order chi connectivity index (χ1) is 14.1. The van der Waals surface area contributed by atoms with Gasteiger partial charge in [-0.2, -0.15) is 0 Å². The topological polar surface area (TPSA) is 67.9 Å². The summed E-state index contributed by atoms with van der Waals surface area (Å²) in [4.78, 5) is 27.5. The number of benzene rings is 2. The third-order valence-electron chi connectivity index (χ3n) is 4.57. The van der Waals surface area contributed by atoms with Crippen LogP contribution in [-0.4, -0.2) is 37.0 Å². The normalized spacial score (nSPS) is 13.8. The zero-order valence-electron chi connectivity index (χ0n) is 17.0. The van der Waals surface area contributed by atoms with Gasteiger partial charge in [-0.1, -0.05) is 38.1 Å². The Labute approximate surface area is 171 Å². The number of imide groups is 1. The molecule has 2 aromatic rings. The van der Waals surface area contributed by atoms with Crippen molar-refractivity contribution in [1.29, 1.82) is 0 Å². The fourth-order valence-electron chi connectivity index (χ4n) is 3.25. The Balaban J connectivity index is 2.04. The highest BCUT2D eigenvalue weighted by molar-refractivity contribution is 6.37.